The van der Waals surface area contributed by atoms with Crippen LogP contribution in [0.25, 0.3) is 0 Å². The van der Waals surface area contributed by atoms with E-state index in [0.29, 0.717) is 40.3 Å². The van der Waals surface area contributed by atoms with Crippen molar-refractivity contribution in [2.24, 2.45) is 16.6 Å². The van der Waals surface area contributed by atoms with Gasteiger partial charge in [0.25, 0.3) is 5.91 Å². The number of aromatic nitrogens is 2. The van der Waals surface area contributed by atoms with Crippen molar-refractivity contribution in [3.05, 3.63) is 52.3 Å². The molecule has 232 valence electrons. The number of unbranched alkanes of at least 4 members (excludes halogenated alkanes) is 1. The lowest BCUT2D eigenvalue weighted by Crippen LogP contribution is -2.25. The zero-order valence-corrected chi connectivity index (χ0v) is 26.6. The van der Waals surface area contributed by atoms with Crippen molar-refractivity contribution in [1.82, 2.24) is 10.2 Å². The fourth-order valence-electron chi connectivity index (χ4n) is 4.31. The van der Waals surface area contributed by atoms with Gasteiger partial charge in [-0.2, -0.15) is 4.99 Å². The number of carbonyl (C=O) groups is 2. The Labute approximate surface area is 259 Å². The Bertz CT molecular complexity index is 1370. The number of anilines is 1. The third kappa shape index (κ3) is 10.8. The number of ether oxygens (including phenoxy) is 4. The summed E-state index contributed by atoms with van der Waals surface area (Å²) in [7, 11) is 6.30. The van der Waals surface area contributed by atoms with Gasteiger partial charge in [-0.3, -0.25) is 15.0 Å². The Kier molecular flexibility index (Phi) is 13.2. The van der Waals surface area contributed by atoms with Gasteiger partial charge < -0.3 is 30.0 Å². The predicted octanol–water partition coefficient (Wildman–Crippen LogP) is 4.51. The van der Waals surface area contributed by atoms with Crippen LogP contribution in [0.5, 0.6) is 11.5 Å². The summed E-state index contributed by atoms with van der Waals surface area (Å²) in [6, 6.07) is 5.31. The molecule has 1 aromatic carbocycles. The number of aryl methyl sites for hydroxylation is 1. The van der Waals surface area contributed by atoms with Crippen LogP contribution in [0.4, 0.5) is 5.13 Å². The molecule has 0 saturated carbocycles. The van der Waals surface area contributed by atoms with E-state index >= 15 is 0 Å². The third-order valence-electron chi connectivity index (χ3n) is 6.59. The molecule has 12 nitrogen and oxygen atoms in total. The average Bonchev–Trinajstić information content (AvgIpc) is 3.42. The van der Waals surface area contributed by atoms with Crippen molar-refractivity contribution >= 4 is 50.3 Å². The number of rotatable bonds is 14. The SMILES string of the molecule is COC1=CC(OC)C(C)C(CC(=O)N=C(N)SC(=N)CCCCc2nnc(NC(=O)Cc3cc(OC)cc(OC)c3)s2)=C1. The minimum absolute atomic E-state index is 0.000796. The molecule has 2 amide bonds. The second kappa shape index (κ2) is 16.8. The number of nitrogens with zero attached hydrogens (tertiary/aromatic N) is 3. The van der Waals surface area contributed by atoms with E-state index in [4.69, 9.17) is 30.1 Å². The molecule has 0 spiro atoms. The molecule has 3 rings (SSSR count). The van der Waals surface area contributed by atoms with Crippen molar-refractivity contribution < 1.29 is 28.5 Å². The number of amides is 2. The van der Waals surface area contributed by atoms with Gasteiger partial charge in [-0.05, 0) is 60.9 Å². The number of benzene rings is 1. The average molecular weight is 631 g/mol. The molecule has 4 N–H and O–H groups in total. The van der Waals surface area contributed by atoms with Gasteiger partial charge in [0.1, 0.15) is 22.3 Å². The van der Waals surface area contributed by atoms with E-state index in [2.05, 4.69) is 20.5 Å². The van der Waals surface area contributed by atoms with Gasteiger partial charge in [-0.1, -0.05) is 23.8 Å². The van der Waals surface area contributed by atoms with E-state index < -0.39 is 0 Å². The van der Waals surface area contributed by atoms with Gasteiger partial charge in [0.15, 0.2) is 5.17 Å². The topological polar surface area (TPSA) is 171 Å². The van der Waals surface area contributed by atoms with Crippen LogP contribution in [-0.2, 0) is 31.9 Å². The van der Waals surface area contributed by atoms with Gasteiger partial charge in [-0.15, -0.1) is 10.2 Å². The quantitative estimate of drug-likeness (QED) is 0.153. The first-order chi connectivity index (χ1) is 20.6. The summed E-state index contributed by atoms with van der Waals surface area (Å²) in [6.07, 6.45) is 6.39. The number of hydrogen-bond donors (Lipinski definition) is 3. The summed E-state index contributed by atoms with van der Waals surface area (Å²) in [4.78, 5) is 29.0. The Morgan fingerprint density at radius 3 is 2.44 bits per heavy atom. The first kappa shape index (κ1) is 33.7. The summed E-state index contributed by atoms with van der Waals surface area (Å²) < 4.78 is 21.3. The van der Waals surface area contributed by atoms with Crippen LogP contribution >= 0.6 is 23.1 Å². The number of aliphatic imine (C=N–C) groups is 1. The number of nitrogens with one attached hydrogen (secondary N) is 2. The van der Waals surface area contributed by atoms with Gasteiger partial charge in [0.05, 0.1) is 45.3 Å². The van der Waals surface area contributed by atoms with Crippen LogP contribution in [0.15, 0.2) is 46.7 Å². The lowest BCUT2D eigenvalue weighted by atomic mass is 9.88. The van der Waals surface area contributed by atoms with Crippen molar-refractivity contribution in [3.8, 4) is 11.5 Å². The number of nitrogens with two attached hydrogens (primary N) is 1. The Morgan fingerprint density at radius 2 is 1.79 bits per heavy atom. The molecule has 0 fully saturated rings. The lowest BCUT2D eigenvalue weighted by molar-refractivity contribution is -0.117. The molecule has 2 unspecified atom stereocenters. The molecule has 1 aliphatic carbocycles. The second-order valence-corrected chi connectivity index (χ2v) is 11.9. The summed E-state index contributed by atoms with van der Waals surface area (Å²) in [5, 5.41) is 20.8. The molecule has 0 radical (unpaired) electrons. The number of thioether (sulfide) groups is 1. The van der Waals surface area contributed by atoms with Crippen LogP contribution in [0.1, 0.15) is 43.2 Å². The van der Waals surface area contributed by atoms with E-state index in [0.717, 1.165) is 40.7 Å². The van der Waals surface area contributed by atoms with Gasteiger partial charge in [-0.25, -0.2) is 0 Å². The standard InChI is InChI=1S/C29H38N6O6S2/c1-17-19(13-22(40-4)16-23(17)41-5)14-26(37)32-28(31)42-24(30)8-6-7-9-27-34-35-29(43-27)33-25(36)12-18-10-20(38-2)15-21(11-18)39-3/h10-11,13,15-17,23,30H,6-9,12,14H2,1-5H3,(H2,31,32,37)(H,33,35,36). The van der Waals surface area contributed by atoms with E-state index in [1.54, 1.807) is 46.6 Å². The molecule has 0 saturated heterocycles. The fourth-order valence-corrected chi connectivity index (χ4v) is 5.76. The summed E-state index contributed by atoms with van der Waals surface area (Å²) in [5.41, 5.74) is 7.55. The summed E-state index contributed by atoms with van der Waals surface area (Å²) in [5.74, 6) is 1.25. The van der Waals surface area contributed by atoms with Gasteiger partial charge in [0.2, 0.25) is 11.0 Å². The molecule has 0 bridgehead atoms. The first-order valence-corrected chi connectivity index (χ1v) is 15.2. The van der Waals surface area contributed by atoms with Crippen molar-refractivity contribution in [2.75, 3.05) is 33.8 Å². The zero-order chi connectivity index (χ0) is 31.4. The normalized spacial score (nSPS) is 16.6. The predicted molar refractivity (Wildman–Crippen MR) is 169 cm³/mol. The molecule has 1 aliphatic rings. The molecule has 1 aromatic heterocycles. The molecule has 2 aromatic rings. The van der Waals surface area contributed by atoms with Crippen LogP contribution in [0, 0.1) is 11.3 Å². The van der Waals surface area contributed by atoms with Gasteiger partial charge in [0, 0.05) is 25.5 Å². The molecular formula is C29H38N6O6S2. The fraction of sp³-hybridized carbons (Fsp3) is 0.448. The van der Waals surface area contributed by atoms with Gasteiger partial charge >= 0.3 is 0 Å². The van der Waals surface area contributed by atoms with Crippen molar-refractivity contribution in [1.29, 1.82) is 5.41 Å². The third-order valence-corrected chi connectivity index (χ3v) is 8.24. The molecular weight excluding hydrogens is 592 g/mol. The van der Waals surface area contributed by atoms with E-state index in [-0.39, 0.29) is 41.8 Å². The minimum Gasteiger partial charge on any atom is -0.497 e. The lowest BCUT2D eigenvalue weighted by Gasteiger charge is -2.26. The highest BCUT2D eigenvalue weighted by Crippen LogP contribution is 2.29. The van der Waals surface area contributed by atoms with Crippen LogP contribution < -0.4 is 20.5 Å². The maximum atomic E-state index is 12.5. The molecule has 43 heavy (non-hydrogen) atoms. The highest BCUT2D eigenvalue weighted by molar-refractivity contribution is 8.26. The van der Waals surface area contributed by atoms with Crippen molar-refractivity contribution in [2.45, 2.75) is 51.6 Å². The number of methoxy groups -OCH3 is 4. The maximum absolute atomic E-state index is 12.5. The van der Waals surface area contributed by atoms with Crippen molar-refractivity contribution in [3.63, 3.8) is 0 Å². The first-order valence-electron chi connectivity index (χ1n) is 13.6. The monoisotopic (exact) mass is 630 g/mol. The molecule has 2 atom stereocenters. The number of hydrogen-bond acceptors (Lipinski definition) is 11. The highest BCUT2D eigenvalue weighted by atomic mass is 32.2. The molecule has 14 heteroatoms. The number of allylic oxidation sites excluding steroid dienone is 1. The smallest absolute Gasteiger partial charge is 0.252 e. The minimum atomic E-state index is -0.384. The highest BCUT2D eigenvalue weighted by Gasteiger charge is 2.25. The molecule has 1 heterocycles. The number of carbonyl (C=O) groups excluding carboxylic acids is 2. The zero-order valence-electron chi connectivity index (χ0n) is 25.0. The summed E-state index contributed by atoms with van der Waals surface area (Å²) >= 11 is 2.30. The van der Waals surface area contributed by atoms with Crippen LogP contribution in [0.2, 0.25) is 0 Å². The largest absolute Gasteiger partial charge is 0.497 e. The second-order valence-electron chi connectivity index (χ2n) is 9.68. The number of amidine groups is 1. The van der Waals surface area contributed by atoms with Crippen LogP contribution in [-0.4, -0.2) is 66.8 Å². The summed E-state index contributed by atoms with van der Waals surface area (Å²) in [6.45, 7) is 1.98. The van der Waals surface area contributed by atoms with E-state index in [9.17, 15) is 9.59 Å². The van der Waals surface area contributed by atoms with E-state index in [1.165, 1.54) is 11.3 Å². The molecule has 0 aliphatic heterocycles. The Balaban J connectivity index is 1.38. The Morgan fingerprint density at radius 1 is 1.07 bits per heavy atom. The van der Waals surface area contributed by atoms with E-state index in [1.807, 2.05) is 19.1 Å². The van der Waals surface area contributed by atoms with Crippen LogP contribution in [0.3, 0.4) is 0 Å². The Hall–Kier alpha value is -3.75. The maximum Gasteiger partial charge on any atom is 0.252 e.